The lowest BCUT2D eigenvalue weighted by molar-refractivity contribution is 0.415. The Bertz CT molecular complexity index is 800. The number of rotatable bonds is 6. The van der Waals surface area contributed by atoms with E-state index in [-0.39, 0.29) is 24.0 Å². The number of aryl methyl sites for hydroxylation is 1. The van der Waals surface area contributed by atoms with E-state index in [4.69, 9.17) is 21.3 Å². The number of aromatic nitrogens is 1. The van der Waals surface area contributed by atoms with Crippen molar-refractivity contribution in [1.29, 1.82) is 0 Å². The fourth-order valence-electron chi connectivity index (χ4n) is 3.15. The highest BCUT2D eigenvalue weighted by atomic mass is 127. The molecule has 1 atom stereocenters. The lowest BCUT2D eigenvalue weighted by Gasteiger charge is -2.22. The number of methoxy groups -OCH3 is 1. The number of benzene rings is 1. The summed E-state index contributed by atoms with van der Waals surface area (Å²) in [5.41, 5.74) is 3.96. The molecule has 2 heterocycles. The van der Waals surface area contributed by atoms with Gasteiger partial charge in [0.15, 0.2) is 5.96 Å². The van der Waals surface area contributed by atoms with Gasteiger partial charge in [0.1, 0.15) is 5.75 Å². The summed E-state index contributed by atoms with van der Waals surface area (Å²) >= 11 is 7.83. The highest BCUT2D eigenvalue weighted by Crippen LogP contribution is 2.33. The van der Waals surface area contributed by atoms with Gasteiger partial charge in [-0.3, -0.25) is 0 Å². The van der Waals surface area contributed by atoms with Gasteiger partial charge in [-0.15, -0.1) is 35.3 Å². The van der Waals surface area contributed by atoms with Gasteiger partial charge in [-0.1, -0.05) is 11.6 Å². The van der Waals surface area contributed by atoms with Crippen LogP contribution in [0.1, 0.15) is 23.9 Å². The Morgan fingerprint density at radius 2 is 2.29 bits per heavy atom. The van der Waals surface area contributed by atoms with E-state index in [9.17, 15) is 0 Å². The molecule has 0 saturated carbocycles. The first-order valence-corrected chi connectivity index (χ1v) is 10.4. The van der Waals surface area contributed by atoms with E-state index >= 15 is 0 Å². The predicted octanol–water partition coefficient (Wildman–Crippen LogP) is 4.07. The Morgan fingerprint density at radius 3 is 2.96 bits per heavy atom. The molecular formula is C19H27ClIN5OS. The third kappa shape index (κ3) is 5.87. The molecule has 154 valence electrons. The summed E-state index contributed by atoms with van der Waals surface area (Å²) in [6.07, 6.45) is 1.03. The number of nitrogens with one attached hydrogen (secondary N) is 2. The van der Waals surface area contributed by atoms with Crippen molar-refractivity contribution in [2.24, 2.45) is 4.99 Å². The molecule has 2 aromatic rings. The van der Waals surface area contributed by atoms with E-state index in [1.807, 2.05) is 30.6 Å². The van der Waals surface area contributed by atoms with Gasteiger partial charge in [0, 0.05) is 35.6 Å². The maximum absolute atomic E-state index is 6.19. The minimum absolute atomic E-state index is 0. The van der Waals surface area contributed by atoms with Crippen LogP contribution in [0.15, 0.2) is 28.7 Å². The second-order valence-electron chi connectivity index (χ2n) is 6.45. The van der Waals surface area contributed by atoms with Gasteiger partial charge in [-0.2, -0.15) is 0 Å². The van der Waals surface area contributed by atoms with Crippen LogP contribution in [-0.4, -0.2) is 43.7 Å². The highest BCUT2D eigenvalue weighted by Gasteiger charge is 2.25. The van der Waals surface area contributed by atoms with Gasteiger partial charge in [0.2, 0.25) is 0 Å². The summed E-state index contributed by atoms with van der Waals surface area (Å²) in [4.78, 5) is 12.5. The molecule has 1 unspecified atom stereocenters. The molecule has 6 nitrogen and oxygen atoms in total. The van der Waals surface area contributed by atoms with Crippen LogP contribution >= 0.6 is 46.9 Å². The van der Waals surface area contributed by atoms with Crippen LogP contribution in [0.2, 0.25) is 5.02 Å². The monoisotopic (exact) mass is 535 g/mol. The molecule has 0 amide bonds. The van der Waals surface area contributed by atoms with Gasteiger partial charge in [0.25, 0.3) is 0 Å². The molecule has 2 N–H and O–H groups in total. The Hall–Kier alpha value is -1.26. The molecule has 0 aliphatic carbocycles. The molecule has 1 fully saturated rings. The number of hydrogen-bond acceptors (Lipinski definition) is 5. The number of nitrogens with zero attached hydrogens (tertiary/aromatic N) is 3. The molecule has 1 saturated heterocycles. The van der Waals surface area contributed by atoms with Crippen LogP contribution in [0, 0.1) is 6.92 Å². The largest absolute Gasteiger partial charge is 0.495 e. The normalized spacial score (nSPS) is 16.6. The number of hydrogen-bond donors (Lipinski definition) is 2. The van der Waals surface area contributed by atoms with Gasteiger partial charge >= 0.3 is 0 Å². The summed E-state index contributed by atoms with van der Waals surface area (Å²) in [6.45, 7) is 7.39. The van der Waals surface area contributed by atoms with Crippen LogP contribution < -0.4 is 20.3 Å². The Morgan fingerprint density at radius 1 is 1.46 bits per heavy atom. The van der Waals surface area contributed by atoms with E-state index < -0.39 is 0 Å². The van der Waals surface area contributed by atoms with Gasteiger partial charge in [-0.05, 0) is 38.5 Å². The summed E-state index contributed by atoms with van der Waals surface area (Å²) in [7, 11) is 1.69. The molecule has 1 aliphatic heterocycles. The van der Waals surface area contributed by atoms with Crippen molar-refractivity contribution in [3.63, 3.8) is 0 Å². The Kier molecular flexibility index (Phi) is 9.10. The first kappa shape index (κ1) is 23.0. The first-order valence-electron chi connectivity index (χ1n) is 9.13. The molecule has 1 aromatic heterocycles. The molecular weight excluding hydrogens is 509 g/mol. The fraction of sp³-hybridized carbons (Fsp3) is 0.474. The molecule has 3 rings (SSSR count). The molecule has 1 aromatic carbocycles. The minimum atomic E-state index is 0. The molecule has 28 heavy (non-hydrogen) atoms. The zero-order valence-corrected chi connectivity index (χ0v) is 20.3. The van der Waals surface area contributed by atoms with Crippen molar-refractivity contribution in [3.05, 3.63) is 39.3 Å². The van der Waals surface area contributed by atoms with Gasteiger partial charge in [-0.25, -0.2) is 9.98 Å². The summed E-state index contributed by atoms with van der Waals surface area (Å²) in [5.74, 6) is 1.69. The number of ether oxygens (including phenoxy) is 1. The fourth-order valence-corrected chi connectivity index (χ4v) is 4.02. The van der Waals surface area contributed by atoms with Crippen LogP contribution in [0.5, 0.6) is 5.75 Å². The van der Waals surface area contributed by atoms with Crippen molar-refractivity contribution in [2.75, 3.05) is 31.6 Å². The number of halogens is 2. The Balaban J connectivity index is 0.00000280. The van der Waals surface area contributed by atoms with Gasteiger partial charge in [0.05, 0.1) is 30.5 Å². The van der Waals surface area contributed by atoms with E-state index in [2.05, 4.69) is 27.4 Å². The van der Waals surface area contributed by atoms with E-state index in [0.717, 1.165) is 54.2 Å². The zero-order chi connectivity index (χ0) is 19.2. The molecule has 1 aliphatic rings. The van der Waals surface area contributed by atoms with Crippen molar-refractivity contribution < 1.29 is 4.74 Å². The number of aliphatic imine (C=N–C) groups is 1. The standard InChI is InChI=1S/C19H26ClN5OS.HI/c1-4-21-19(22-10-18-13(2)23-12-27-18)24-15-7-8-25(11-15)16-9-14(20)5-6-17(16)26-3;/h5-6,9,12,15H,4,7-8,10-11H2,1-3H3,(H2,21,22,24);1H. The quantitative estimate of drug-likeness (QED) is 0.332. The summed E-state index contributed by atoms with van der Waals surface area (Å²) in [5, 5.41) is 7.61. The predicted molar refractivity (Wildman–Crippen MR) is 129 cm³/mol. The molecule has 9 heteroatoms. The smallest absolute Gasteiger partial charge is 0.191 e. The van der Waals surface area contributed by atoms with Crippen LogP contribution in [-0.2, 0) is 6.54 Å². The maximum Gasteiger partial charge on any atom is 0.191 e. The average molecular weight is 536 g/mol. The minimum Gasteiger partial charge on any atom is -0.495 e. The lowest BCUT2D eigenvalue weighted by atomic mass is 10.2. The average Bonchev–Trinajstić information content (AvgIpc) is 3.29. The topological polar surface area (TPSA) is 61.8 Å². The van der Waals surface area contributed by atoms with E-state index in [0.29, 0.717) is 12.6 Å². The Labute approximate surface area is 192 Å². The van der Waals surface area contributed by atoms with Crippen molar-refractivity contribution in [3.8, 4) is 5.75 Å². The maximum atomic E-state index is 6.19. The zero-order valence-electron chi connectivity index (χ0n) is 16.4. The number of thiazole rings is 1. The third-order valence-corrected chi connectivity index (χ3v) is 5.74. The van der Waals surface area contributed by atoms with Gasteiger partial charge < -0.3 is 20.3 Å². The number of guanidine groups is 1. The van der Waals surface area contributed by atoms with E-state index in [1.54, 1.807) is 18.4 Å². The van der Waals surface area contributed by atoms with Crippen molar-refractivity contribution >= 4 is 58.6 Å². The first-order chi connectivity index (χ1) is 13.1. The molecule has 0 radical (unpaired) electrons. The molecule has 0 spiro atoms. The third-order valence-electron chi connectivity index (χ3n) is 4.58. The summed E-state index contributed by atoms with van der Waals surface area (Å²) in [6, 6.07) is 6.05. The van der Waals surface area contributed by atoms with E-state index in [1.165, 1.54) is 4.88 Å². The lowest BCUT2D eigenvalue weighted by Crippen LogP contribution is -2.44. The highest BCUT2D eigenvalue weighted by molar-refractivity contribution is 14.0. The number of anilines is 1. The van der Waals surface area contributed by atoms with Crippen LogP contribution in [0.4, 0.5) is 5.69 Å². The second kappa shape index (κ2) is 11.1. The van der Waals surface area contributed by atoms with Crippen LogP contribution in [0.25, 0.3) is 0 Å². The second-order valence-corrected chi connectivity index (χ2v) is 7.82. The van der Waals surface area contributed by atoms with Crippen LogP contribution in [0.3, 0.4) is 0 Å². The van der Waals surface area contributed by atoms with Crippen molar-refractivity contribution in [1.82, 2.24) is 15.6 Å². The molecule has 0 bridgehead atoms. The summed E-state index contributed by atoms with van der Waals surface area (Å²) < 4.78 is 5.50. The van der Waals surface area contributed by atoms with Crippen molar-refractivity contribution in [2.45, 2.75) is 32.9 Å². The SMILES string of the molecule is CCNC(=NCc1scnc1C)NC1CCN(c2cc(Cl)ccc2OC)C1.I.